The number of hydrogen-bond acceptors (Lipinski definition) is 5. The van der Waals surface area contributed by atoms with Crippen LogP contribution in [0.25, 0.3) is 22.4 Å². The van der Waals surface area contributed by atoms with Crippen molar-refractivity contribution in [2.75, 3.05) is 19.5 Å². The Bertz CT molecular complexity index is 850. The lowest BCUT2D eigenvalue weighted by Gasteiger charge is -1.97. The fourth-order valence-corrected chi connectivity index (χ4v) is 2.99. The molecule has 0 atom stereocenters. The van der Waals surface area contributed by atoms with Crippen LogP contribution in [0.3, 0.4) is 0 Å². The van der Waals surface area contributed by atoms with Gasteiger partial charge in [-0.1, -0.05) is 18.2 Å². The summed E-state index contributed by atoms with van der Waals surface area (Å²) in [5.41, 5.74) is 2.05. The van der Waals surface area contributed by atoms with Crippen LogP contribution in [0, 0.1) is 0 Å². The van der Waals surface area contributed by atoms with Crippen molar-refractivity contribution >= 4 is 39.5 Å². The molecule has 0 spiro atoms. The van der Waals surface area contributed by atoms with E-state index in [1.165, 1.54) is 0 Å². The lowest BCUT2D eigenvalue weighted by molar-refractivity contribution is 0.415. The highest BCUT2D eigenvalue weighted by Gasteiger charge is 2.02. The number of anilines is 1. The van der Waals surface area contributed by atoms with Gasteiger partial charge >= 0.3 is 0 Å². The monoisotopic (exact) mass is 323 g/mol. The van der Waals surface area contributed by atoms with Gasteiger partial charge in [0.2, 0.25) is 0 Å². The summed E-state index contributed by atoms with van der Waals surface area (Å²) in [6, 6.07) is 9.89. The van der Waals surface area contributed by atoms with Gasteiger partial charge in [0.05, 0.1) is 17.3 Å². The molecular formula is C18H17N3OS. The molecule has 0 fully saturated rings. The molecule has 0 unspecified atom stereocenters. The predicted molar refractivity (Wildman–Crippen MR) is 98.0 cm³/mol. The maximum Gasteiger partial charge on any atom is 0.125 e. The molecule has 3 aromatic rings. The minimum Gasteiger partial charge on any atom is -0.497 e. The molecule has 1 aromatic carbocycles. The van der Waals surface area contributed by atoms with Crippen molar-refractivity contribution < 1.29 is 4.74 Å². The van der Waals surface area contributed by atoms with Crippen LogP contribution in [0.1, 0.15) is 10.6 Å². The maximum atomic E-state index is 5.23. The fraction of sp³-hybridized carbons (Fsp3) is 0.111. The van der Waals surface area contributed by atoms with E-state index >= 15 is 0 Å². The Balaban J connectivity index is 1.70. The van der Waals surface area contributed by atoms with Crippen LogP contribution in [-0.2, 0) is 0 Å². The van der Waals surface area contributed by atoms with Crippen LogP contribution in [0.15, 0.2) is 48.7 Å². The second-order valence-electron chi connectivity index (χ2n) is 4.83. The summed E-state index contributed by atoms with van der Waals surface area (Å²) in [7, 11) is 3.53. The molecule has 0 radical (unpaired) electrons. The van der Waals surface area contributed by atoms with E-state index in [1.807, 2.05) is 67.9 Å². The Labute approximate surface area is 139 Å². The zero-order valence-electron chi connectivity index (χ0n) is 13.0. The van der Waals surface area contributed by atoms with E-state index in [4.69, 9.17) is 4.74 Å². The molecule has 0 bridgehead atoms. The zero-order valence-corrected chi connectivity index (χ0v) is 13.8. The largest absolute Gasteiger partial charge is 0.497 e. The number of hydrogen-bond donors (Lipinski definition) is 1. The molecule has 23 heavy (non-hydrogen) atoms. The van der Waals surface area contributed by atoms with Crippen molar-refractivity contribution in [1.29, 1.82) is 0 Å². The van der Waals surface area contributed by atoms with Crippen LogP contribution < -0.4 is 10.1 Å². The smallest absolute Gasteiger partial charge is 0.125 e. The van der Waals surface area contributed by atoms with Gasteiger partial charge in [-0.15, -0.1) is 11.3 Å². The number of pyridine rings is 1. The normalized spacial score (nSPS) is 11.6. The van der Waals surface area contributed by atoms with Gasteiger partial charge in [-0.2, -0.15) is 0 Å². The number of methoxy groups -OCH3 is 1. The molecule has 1 N–H and O–H groups in total. The molecule has 2 heterocycles. The minimum absolute atomic E-state index is 0.856. The van der Waals surface area contributed by atoms with Gasteiger partial charge in [0, 0.05) is 13.2 Å². The van der Waals surface area contributed by atoms with Gasteiger partial charge in [-0.25, -0.2) is 9.97 Å². The number of allylic oxidation sites excluding steroid dienone is 2. The number of nitrogens with zero attached hydrogens (tertiary/aromatic N) is 2. The summed E-state index contributed by atoms with van der Waals surface area (Å²) in [4.78, 5) is 8.85. The van der Waals surface area contributed by atoms with E-state index in [-0.39, 0.29) is 0 Å². The molecule has 5 heteroatoms. The first kappa shape index (κ1) is 15.2. The summed E-state index contributed by atoms with van der Waals surface area (Å²) >= 11 is 1.65. The van der Waals surface area contributed by atoms with Gasteiger partial charge in [-0.05, 0) is 42.0 Å². The fourth-order valence-electron chi connectivity index (χ4n) is 2.08. The second kappa shape index (κ2) is 7.07. The Morgan fingerprint density at radius 3 is 2.74 bits per heavy atom. The first-order valence-corrected chi connectivity index (χ1v) is 8.03. The third kappa shape index (κ3) is 3.76. The summed E-state index contributed by atoms with van der Waals surface area (Å²) in [5.74, 6) is 1.72. The molecule has 0 amide bonds. The number of rotatable bonds is 5. The van der Waals surface area contributed by atoms with E-state index in [0.717, 1.165) is 32.4 Å². The molecule has 0 saturated carbocycles. The number of aromatic nitrogens is 2. The van der Waals surface area contributed by atoms with Crippen molar-refractivity contribution in [3.63, 3.8) is 0 Å². The van der Waals surface area contributed by atoms with Crippen molar-refractivity contribution in [3.05, 3.63) is 59.3 Å². The van der Waals surface area contributed by atoms with Crippen LogP contribution in [-0.4, -0.2) is 24.1 Å². The molecule has 4 nitrogen and oxygen atoms in total. The summed E-state index contributed by atoms with van der Waals surface area (Å²) in [6.45, 7) is 0. The topological polar surface area (TPSA) is 47.0 Å². The van der Waals surface area contributed by atoms with E-state index in [0.29, 0.717) is 0 Å². The summed E-state index contributed by atoms with van der Waals surface area (Å²) in [6.07, 6.45) is 9.83. The van der Waals surface area contributed by atoms with Gasteiger partial charge in [0.25, 0.3) is 0 Å². The lowest BCUT2D eigenvalue weighted by atomic mass is 10.2. The number of ether oxygens (including phenoxy) is 1. The maximum absolute atomic E-state index is 5.23. The Morgan fingerprint density at radius 1 is 1.13 bits per heavy atom. The molecule has 0 aliphatic heterocycles. The van der Waals surface area contributed by atoms with Crippen LogP contribution in [0.2, 0.25) is 0 Å². The number of fused-ring (bicyclic) bond motifs is 1. The zero-order chi connectivity index (χ0) is 16.1. The number of benzene rings is 1. The van der Waals surface area contributed by atoms with E-state index in [2.05, 4.69) is 15.3 Å². The first-order chi connectivity index (χ1) is 11.3. The van der Waals surface area contributed by atoms with Crippen LogP contribution in [0.5, 0.6) is 5.75 Å². The van der Waals surface area contributed by atoms with Gasteiger partial charge in [-0.3, -0.25) is 0 Å². The van der Waals surface area contributed by atoms with Gasteiger partial charge < -0.3 is 10.1 Å². The van der Waals surface area contributed by atoms with E-state index < -0.39 is 0 Å². The summed E-state index contributed by atoms with van der Waals surface area (Å²) < 4.78 is 6.36. The first-order valence-electron chi connectivity index (χ1n) is 7.21. The third-order valence-corrected chi connectivity index (χ3v) is 4.28. The molecular weight excluding hydrogens is 306 g/mol. The molecule has 3 rings (SSSR count). The molecule has 0 aliphatic rings. The number of thiazole rings is 1. The molecule has 0 saturated heterocycles. The van der Waals surface area contributed by atoms with E-state index in [1.54, 1.807) is 18.4 Å². The van der Waals surface area contributed by atoms with Crippen LogP contribution >= 0.6 is 11.3 Å². The molecule has 116 valence electrons. The van der Waals surface area contributed by atoms with Crippen molar-refractivity contribution in [1.82, 2.24) is 9.97 Å². The van der Waals surface area contributed by atoms with Gasteiger partial charge in [0.15, 0.2) is 0 Å². The van der Waals surface area contributed by atoms with Crippen molar-refractivity contribution in [2.24, 2.45) is 0 Å². The lowest BCUT2D eigenvalue weighted by Crippen LogP contribution is -1.90. The SMILES string of the molecule is CNc1ccc(C=CC=Cc2nc3ccc(OC)cc3s2)cn1. The van der Waals surface area contributed by atoms with Gasteiger partial charge in [0.1, 0.15) is 16.6 Å². The molecule has 2 aromatic heterocycles. The average Bonchev–Trinajstić information content (AvgIpc) is 3.01. The predicted octanol–water partition coefficient (Wildman–Crippen LogP) is 4.47. The highest BCUT2D eigenvalue weighted by molar-refractivity contribution is 7.19. The van der Waals surface area contributed by atoms with E-state index in [9.17, 15) is 0 Å². The minimum atomic E-state index is 0.856. The average molecular weight is 323 g/mol. The van der Waals surface area contributed by atoms with Crippen molar-refractivity contribution in [2.45, 2.75) is 0 Å². The Morgan fingerprint density at radius 2 is 2.00 bits per heavy atom. The summed E-state index contributed by atoms with van der Waals surface area (Å²) in [5, 5.41) is 3.97. The Hall–Kier alpha value is -2.66. The quantitative estimate of drug-likeness (QED) is 0.704. The third-order valence-electron chi connectivity index (χ3n) is 3.29. The van der Waals surface area contributed by atoms with Crippen LogP contribution in [0.4, 0.5) is 5.82 Å². The highest BCUT2D eigenvalue weighted by atomic mass is 32.1. The Kier molecular flexibility index (Phi) is 4.68. The standard InChI is InChI=1S/C18H17N3OS/c1-19-17-10-7-13(12-20-17)5-3-4-6-18-21-15-9-8-14(22-2)11-16(15)23-18/h3-12H,1-2H3,(H,19,20). The number of nitrogens with one attached hydrogen (secondary N) is 1. The van der Waals surface area contributed by atoms with Crippen molar-refractivity contribution in [3.8, 4) is 5.75 Å². The second-order valence-corrected chi connectivity index (χ2v) is 5.89. The molecule has 0 aliphatic carbocycles. The highest BCUT2D eigenvalue weighted by Crippen LogP contribution is 2.26.